The second kappa shape index (κ2) is 7.13. The molecule has 1 aliphatic heterocycles. The molecule has 0 spiro atoms. The third-order valence-corrected chi connectivity index (χ3v) is 4.53. The minimum Gasteiger partial charge on any atom is -0.373 e. The SMILES string of the molecule is CC1CN(Cc2csc(NC(=O)c3c[nH]c(C#N)c3)n2)CC(C)O1. The molecule has 3 heterocycles. The maximum atomic E-state index is 12.1. The van der Waals surface area contributed by atoms with Crippen molar-refractivity contribution in [3.8, 4) is 6.07 Å². The Hall–Kier alpha value is -2.21. The van der Waals surface area contributed by atoms with Crippen LogP contribution in [0.15, 0.2) is 17.6 Å². The van der Waals surface area contributed by atoms with Crippen molar-refractivity contribution in [3.63, 3.8) is 0 Å². The van der Waals surface area contributed by atoms with E-state index >= 15 is 0 Å². The van der Waals surface area contributed by atoms with Crippen LogP contribution in [-0.4, -0.2) is 46.1 Å². The number of aromatic nitrogens is 2. The number of nitrogens with zero attached hydrogens (tertiary/aromatic N) is 3. The van der Waals surface area contributed by atoms with E-state index in [1.54, 1.807) is 0 Å². The van der Waals surface area contributed by atoms with E-state index in [0.717, 1.165) is 25.3 Å². The summed E-state index contributed by atoms with van der Waals surface area (Å²) in [6.07, 6.45) is 1.95. The molecule has 2 atom stereocenters. The highest BCUT2D eigenvalue weighted by Crippen LogP contribution is 2.20. The number of carbonyl (C=O) groups excluding carboxylic acids is 1. The number of H-pyrrole nitrogens is 1. The molecule has 0 aromatic carbocycles. The highest BCUT2D eigenvalue weighted by atomic mass is 32.1. The number of amides is 1. The van der Waals surface area contributed by atoms with Crippen LogP contribution in [0.3, 0.4) is 0 Å². The van der Waals surface area contributed by atoms with Crippen LogP contribution in [0.2, 0.25) is 0 Å². The first-order valence-electron chi connectivity index (χ1n) is 7.75. The molecule has 3 rings (SSSR count). The number of ether oxygens (including phenoxy) is 1. The normalized spacial score (nSPS) is 21.4. The molecule has 0 bridgehead atoms. The molecule has 2 aromatic heterocycles. The zero-order chi connectivity index (χ0) is 17.1. The first-order valence-corrected chi connectivity index (χ1v) is 8.63. The average Bonchev–Trinajstić information content (AvgIpc) is 3.15. The molecule has 0 saturated carbocycles. The summed E-state index contributed by atoms with van der Waals surface area (Å²) in [5.74, 6) is -0.276. The molecule has 126 valence electrons. The first kappa shape index (κ1) is 16.6. The van der Waals surface area contributed by atoms with Gasteiger partial charge in [-0.3, -0.25) is 15.0 Å². The van der Waals surface area contributed by atoms with Gasteiger partial charge in [0.25, 0.3) is 5.91 Å². The lowest BCUT2D eigenvalue weighted by Gasteiger charge is -2.34. The second-order valence-corrected chi connectivity index (χ2v) is 6.82. The molecular weight excluding hydrogens is 326 g/mol. The number of hydrogen-bond acceptors (Lipinski definition) is 6. The molecule has 7 nitrogen and oxygen atoms in total. The maximum Gasteiger partial charge on any atom is 0.259 e. The van der Waals surface area contributed by atoms with Crippen LogP contribution in [0.4, 0.5) is 5.13 Å². The van der Waals surface area contributed by atoms with Crippen molar-refractivity contribution in [2.24, 2.45) is 0 Å². The van der Waals surface area contributed by atoms with Gasteiger partial charge in [0.05, 0.1) is 23.5 Å². The minimum atomic E-state index is -0.276. The molecule has 1 fully saturated rings. The number of nitrogens with one attached hydrogen (secondary N) is 2. The number of thiazole rings is 1. The monoisotopic (exact) mass is 345 g/mol. The highest BCUT2D eigenvalue weighted by molar-refractivity contribution is 7.13. The van der Waals surface area contributed by atoms with E-state index < -0.39 is 0 Å². The van der Waals surface area contributed by atoms with Gasteiger partial charge in [-0.05, 0) is 19.9 Å². The molecule has 1 aliphatic rings. The Morgan fingerprint density at radius 3 is 2.96 bits per heavy atom. The summed E-state index contributed by atoms with van der Waals surface area (Å²) >= 11 is 1.40. The van der Waals surface area contributed by atoms with Crippen LogP contribution in [0.5, 0.6) is 0 Å². The van der Waals surface area contributed by atoms with Crippen molar-refractivity contribution < 1.29 is 9.53 Å². The largest absolute Gasteiger partial charge is 0.373 e. The van der Waals surface area contributed by atoms with E-state index in [1.165, 1.54) is 23.6 Å². The molecule has 2 N–H and O–H groups in total. The number of anilines is 1. The number of nitriles is 1. The first-order chi connectivity index (χ1) is 11.5. The maximum absolute atomic E-state index is 12.1. The van der Waals surface area contributed by atoms with E-state index in [2.05, 4.69) is 34.0 Å². The number of aromatic amines is 1. The fourth-order valence-electron chi connectivity index (χ4n) is 2.84. The van der Waals surface area contributed by atoms with Crippen LogP contribution in [0, 0.1) is 11.3 Å². The summed E-state index contributed by atoms with van der Waals surface area (Å²) < 4.78 is 5.73. The Morgan fingerprint density at radius 1 is 1.54 bits per heavy atom. The van der Waals surface area contributed by atoms with E-state index in [4.69, 9.17) is 10.00 Å². The smallest absolute Gasteiger partial charge is 0.259 e. The number of hydrogen-bond donors (Lipinski definition) is 2. The summed E-state index contributed by atoms with van der Waals surface area (Å²) in [5, 5.41) is 14.1. The molecule has 24 heavy (non-hydrogen) atoms. The average molecular weight is 345 g/mol. The number of rotatable bonds is 4. The van der Waals surface area contributed by atoms with E-state index in [9.17, 15) is 4.79 Å². The highest BCUT2D eigenvalue weighted by Gasteiger charge is 2.22. The molecular formula is C16H19N5O2S. The van der Waals surface area contributed by atoms with Crippen molar-refractivity contribution in [2.45, 2.75) is 32.6 Å². The molecule has 2 aromatic rings. The van der Waals surface area contributed by atoms with E-state index in [-0.39, 0.29) is 18.1 Å². The van der Waals surface area contributed by atoms with Gasteiger partial charge in [0, 0.05) is 31.2 Å². The Labute approximate surface area is 144 Å². The van der Waals surface area contributed by atoms with Crippen molar-refractivity contribution in [3.05, 3.63) is 34.6 Å². The Bertz CT molecular complexity index is 753. The summed E-state index contributed by atoms with van der Waals surface area (Å²) in [6.45, 7) is 6.64. The Kier molecular flexibility index (Phi) is 4.94. The third-order valence-electron chi connectivity index (χ3n) is 3.72. The van der Waals surface area contributed by atoms with Gasteiger partial charge >= 0.3 is 0 Å². The van der Waals surface area contributed by atoms with Gasteiger partial charge in [0.15, 0.2) is 5.13 Å². The van der Waals surface area contributed by atoms with Crippen LogP contribution < -0.4 is 5.32 Å². The topological polar surface area (TPSA) is 94.0 Å². The van der Waals surface area contributed by atoms with Gasteiger partial charge in [0.1, 0.15) is 11.8 Å². The van der Waals surface area contributed by atoms with Gasteiger partial charge in [-0.2, -0.15) is 5.26 Å². The number of morpholine rings is 1. The molecule has 0 radical (unpaired) electrons. The number of carbonyl (C=O) groups is 1. The predicted octanol–water partition coefficient (Wildman–Crippen LogP) is 2.20. The van der Waals surface area contributed by atoms with Gasteiger partial charge in [-0.25, -0.2) is 4.98 Å². The summed E-state index contributed by atoms with van der Waals surface area (Å²) in [5.41, 5.74) is 1.71. The summed E-state index contributed by atoms with van der Waals surface area (Å²) in [7, 11) is 0. The van der Waals surface area contributed by atoms with Crippen molar-refractivity contribution in [1.82, 2.24) is 14.9 Å². The molecule has 0 aliphatic carbocycles. The van der Waals surface area contributed by atoms with Crippen molar-refractivity contribution in [2.75, 3.05) is 18.4 Å². The Morgan fingerprint density at radius 2 is 2.29 bits per heavy atom. The molecule has 8 heteroatoms. The van der Waals surface area contributed by atoms with Gasteiger partial charge < -0.3 is 9.72 Å². The summed E-state index contributed by atoms with van der Waals surface area (Å²) in [4.78, 5) is 21.6. The lowest BCUT2D eigenvalue weighted by molar-refractivity contribution is -0.0707. The van der Waals surface area contributed by atoms with E-state index in [1.807, 2.05) is 11.4 Å². The summed E-state index contributed by atoms with van der Waals surface area (Å²) in [6, 6.07) is 3.47. The van der Waals surface area contributed by atoms with E-state index in [0.29, 0.717) is 16.4 Å². The fourth-order valence-corrected chi connectivity index (χ4v) is 3.54. The van der Waals surface area contributed by atoms with Gasteiger partial charge in [-0.1, -0.05) is 0 Å². The zero-order valence-corrected chi connectivity index (χ0v) is 14.4. The van der Waals surface area contributed by atoms with Gasteiger partial charge in [-0.15, -0.1) is 11.3 Å². The third kappa shape index (κ3) is 4.00. The standard InChI is InChI=1S/C16H19N5O2S/c1-10-6-21(7-11(2)23-10)8-14-9-24-16(19-14)20-15(22)12-3-13(4-17)18-5-12/h3,5,9-11,18H,6-8H2,1-2H3,(H,19,20,22). The van der Waals surface area contributed by atoms with Crippen molar-refractivity contribution in [1.29, 1.82) is 5.26 Å². The van der Waals surface area contributed by atoms with Crippen LogP contribution in [0.1, 0.15) is 35.6 Å². The Balaban J connectivity index is 1.59. The van der Waals surface area contributed by atoms with Crippen molar-refractivity contribution >= 4 is 22.4 Å². The lowest BCUT2D eigenvalue weighted by Crippen LogP contribution is -2.44. The molecule has 2 unspecified atom stereocenters. The predicted molar refractivity (Wildman–Crippen MR) is 90.9 cm³/mol. The van der Waals surface area contributed by atoms with Crippen LogP contribution >= 0.6 is 11.3 Å². The van der Waals surface area contributed by atoms with Crippen LogP contribution in [0.25, 0.3) is 0 Å². The zero-order valence-electron chi connectivity index (χ0n) is 13.6. The minimum absolute atomic E-state index is 0.217. The molecule has 1 amide bonds. The molecule has 1 saturated heterocycles. The van der Waals surface area contributed by atoms with Crippen LogP contribution in [-0.2, 0) is 11.3 Å². The fraction of sp³-hybridized carbons (Fsp3) is 0.438. The second-order valence-electron chi connectivity index (χ2n) is 5.96. The lowest BCUT2D eigenvalue weighted by atomic mass is 10.2. The van der Waals surface area contributed by atoms with Gasteiger partial charge in [0.2, 0.25) is 0 Å². The quantitative estimate of drug-likeness (QED) is 0.886.